The fourth-order valence-corrected chi connectivity index (χ4v) is 8.64. The maximum Gasteiger partial charge on any atom is 0.264 e. The fraction of sp³-hybridized carbons (Fsp3) is 0.583. The van der Waals surface area contributed by atoms with Crippen LogP contribution in [-0.2, 0) is 26.0 Å². The van der Waals surface area contributed by atoms with Crippen LogP contribution in [0.1, 0.15) is 87.0 Å². The number of rotatable bonds is 15. The molecule has 0 bridgehead atoms. The summed E-state index contributed by atoms with van der Waals surface area (Å²) in [5, 5.41) is 3.03. The number of piperazine rings is 1. The van der Waals surface area contributed by atoms with Gasteiger partial charge in [0.25, 0.3) is 10.0 Å². The Hall–Kier alpha value is -3.44. The zero-order valence-corrected chi connectivity index (χ0v) is 29.5. The van der Waals surface area contributed by atoms with E-state index in [1.165, 1.54) is 24.8 Å². The van der Waals surface area contributed by atoms with Gasteiger partial charge < -0.3 is 20.9 Å². The molecule has 10 nitrogen and oxygen atoms in total. The molecule has 0 aromatic heterocycles. The van der Waals surface area contributed by atoms with Crippen molar-refractivity contribution in [3.63, 3.8) is 0 Å². The molecule has 1 atom stereocenters. The van der Waals surface area contributed by atoms with E-state index in [2.05, 4.69) is 50.3 Å². The molecule has 47 heavy (non-hydrogen) atoms. The standard InChI is InChI=1S/C36H54N6O4S/c1-5-21-42-33(43)31(17-13-20-38-35(37)40-47(45,46)32-28(3)25-27(2)26-29(32)4)39-34(44)36(42)18-23-41(24-19-36)22-12-7-6-9-14-30-15-10-8-11-16-30/h8,10-11,15-16,25-26,31H,5-7,9,12-14,17-24H2,1-4H3,(H,39,44)(H3,37,38,40)/t31-/m0/s1. The molecule has 4 N–H and O–H groups in total. The Kier molecular flexibility index (Phi) is 12.8. The van der Waals surface area contributed by atoms with Crippen molar-refractivity contribution in [3.05, 3.63) is 64.7 Å². The van der Waals surface area contributed by atoms with Crippen molar-refractivity contribution in [3.8, 4) is 0 Å². The van der Waals surface area contributed by atoms with Crippen LogP contribution < -0.4 is 15.8 Å². The van der Waals surface area contributed by atoms with Crippen molar-refractivity contribution in [1.82, 2.24) is 19.8 Å². The molecule has 2 aliphatic heterocycles. The van der Waals surface area contributed by atoms with Crippen molar-refractivity contribution in [1.29, 1.82) is 0 Å². The van der Waals surface area contributed by atoms with Gasteiger partial charge in [-0.1, -0.05) is 67.8 Å². The molecule has 2 aromatic rings. The Morgan fingerprint density at radius 2 is 1.64 bits per heavy atom. The summed E-state index contributed by atoms with van der Waals surface area (Å²) in [6, 6.07) is 13.6. The van der Waals surface area contributed by atoms with Gasteiger partial charge in [0, 0.05) is 26.2 Å². The quantitative estimate of drug-likeness (QED) is 0.147. The lowest BCUT2D eigenvalue weighted by atomic mass is 9.81. The van der Waals surface area contributed by atoms with E-state index in [4.69, 9.17) is 5.73 Å². The number of aliphatic imine (C=N–C) groups is 1. The Bertz CT molecular complexity index is 1480. The fourth-order valence-electron chi connectivity index (χ4n) is 7.23. The van der Waals surface area contributed by atoms with Gasteiger partial charge in [-0.25, -0.2) is 13.1 Å². The molecule has 0 aliphatic carbocycles. The van der Waals surface area contributed by atoms with Crippen LogP contribution in [-0.4, -0.2) is 80.3 Å². The van der Waals surface area contributed by atoms with Crippen molar-refractivity contribution < 1.29 is 18.0 Å². The Morgan fingerprint density at radius 1 is 0.979 bits per heavy atom. The number of sulfonamides is 1. The SMILES string of the molecule is CCCN1C(=O)[C@H](CCCN=C(N)NS(=O)(=O)c2c(C)cc(C)cc2C)NC(=O)C12CCN(CCCCCCc1ccccc1)CC2. The summed E-state index contributed by atoms with van der Waals surface area (Å²) in [5.74, 6) is -0.300. The molecule has 2 saturated heterocycles. The third-order valence-electron chi connectivity index (χ3n) is 9.52. The number of carbonyl (C=O) groups is 2. The van der Waals surface area contributed by atoms with Gasteiger partial charge in [-0.3, -0.25) is 14.6 Å². The van der Waals surface area contributed by atoms with Crippen LogP contribution in [0.2, 0.25) is 0 Å². The number of nitrogens with two attached hydrogens (primary N) is 1. The lowest BCUT2D eigenvalue weighted by molar-refractivity contribution is -0.161. The highest BCUT2D eigenvalue weighted by Gasteiger charge is 2.53. The summed E-state index contributed by atoms with van der Waals surface area (Å²) in [5.41, 5.74) is 8.82. The van der Waals surface area contributed by atoms with Gasteiger partial charge in [0.05, 0.1) is 4.90 Å². The first-order valence-electron chi connectivity index (χ1n) is 17.3. The highest BCUT2D eigenvalue weighted by atomic mass is 32.2. The molecule has 0 radical (unpaired) electrons. The highest BCUT2D eigenvalue weighted by molar-refractivity contribution is 7.90. The van der Waals surface area contributed by atoms with Crippen molar-refractivity contribution in [2.24, 2.45) is 10.7 Å². The van der Waals surface area contributed by atoms with Crippen LogP contribution in [0.15, 0.2) is 52.4 Å². The van der Waals surface area contributed by atoms with E-state index in [9.17, 15) is 18.0 Å². The van der Waals surface area contributed by atoms with Crippen LogP contribution in [0.25, 0.3) is 0 Å². The highest BCUT2D eigenvalue weighted by Crippen LogP contribution is 2.34. The molecule has 2 heterocycles. The first-order valence-corrected chi connectivity index (χ1v) is 18.7. The number of nitrogens with zero attached hydrogens (tertiary/aromatic N) is 3. The van der Waals surface area contributed by atoms with Crippen molar-refractivity contribution in [2.75, 3.05) is 32.7 Å². The van der Waals surface area contributed by atoms with Gasteiger partial charge in [0.15, 0.2) is 0 Å². The van der Waals surface area contributed by atoms with E-state index in [0.717, 1.165) is 44.5 Å². The summed E-state index contributed by atoms with van der Waals surface area (Å²) in [7, 11) is -3.89. The third-order valence-corrected chi connectivity index (χ3v) is 11.2. The number of likely N-dealkylation sites (tertiary alicyclic amines) is 1. The number of nitrogens with one attached hydrogen (secondary N) is 2. The zero-order valence-electron chi connectivity index (χ0n) is 28.7. The molecule has 4 rings (SSSR count). The van der Waals surface area contributed by atoms with Crippen LogP contribution in [0.3, 0.4) is 0 Å². The summed E-state index contributed by atoms with van der Waals surface area (Å²) in [6.45, 7) is 10.9. The second-order valence-electron chi connectivity index (χ2n) is 13.3. The second kappa shape index (κ2) is 16.6. The minimum absolute atomic E-state index is 0.0405. The normalized spacial score (nSPS) is 18.9. The summed E-state index contributed by atoms with van der Waals surface area (Å²) in [4.78, 5) is 36.0. The lowest BCUT2D eigenvalue weighted by Crippen LogP contribution is -2.72. The predicted molar refractivity (Wildman–Crippen MR) is 188 cm³/mol. The first kappa shape index (κ1) is 36.4. The summed E-state index contributed by atoms with van der Waals surface area (Å²) in [6.07, 6.45) is 8.83. The molecule has 2 amide bonds. The van der Waals surface area contributed by atoms with E-state index >= 15 is 0 Å². The van der Waals surface area contributed by atoms with Gasteiger partial charge in [0.2, 0.25) is 17.8 Å². The van der Waals surface area contributed by atoms with E-state index in [1.54, 1.807) is 13.8 Å². The predicted octanol–water partition coefficient (Wildman–Crippen LogP) is 4.36. The number of guanidine groups is 1. The summed E-state index contributed by atoms with van der Waals surface area (Å²) < 4.78 is 28.3. The Balaban J connectivity index is 1.23. The third kappa shape index (κ3) is 9.34. The van der Waals surface area contributed by atoms with Crippen LogP contribution in [0.5, 0.6) is 0 Å². The lowest BCUT2D eigenvalue weighted by Gasteiger charge is -2.51. The molecule has 0 saturated carbocycles. The molecule has 258 valence electrons. The van der Waals surface area contributed by atoms with Gasteiger partial charge in [-0.05, 0) is 95.4 Å². The van der Waals surface area contributed by atoms with Gasteiger partial charge in [-0.15, -0.1) is 0 Å². The summed E-state index contributed by atoms with van der Waals surface area (Å²) >= 11 is 0. The van der Waals surface area contributed by atoms with Gasteiger partial charge in [-0.2, -0.15) is 0 Å². The number of carbonyl (C=O) groups excluding carboxylic acids is 2. The minimum atomic E-state index is -3.89. The number of benzene rings is 2. The van der Waals surface area contributed by atoms with Crippen molar-refractivity contribution in [2.45, 2.75) is 108 Å². The molecule has 2 aliphatic rings. The maximum atomic E-state index is 13.7. The van der Waals surface area contributed by atoms with E-state index in [-0.39, 0.29) is 29.2 Å². The second-order valence-corrected chi connectivity index (χ2v) is 14.9. The van der Waals surface area contributed by atoms with E-state index in [1.807, 2.05) is 30.9 Å². The average molecular weight is 667 g/mol. The first-order chi connectivity index (χ1) is 22.5. The molecule has 1 spiro atoms. The van der Waals surface area contributed by atoms with Crippen molar-refractivity contribution >= 4 is 27.8 Å². The largest absolute Gasteiger partial charge is 0.369 e. The monoisotopic (exact) mass is 666 g/mol. The number of aryl methyl sites for hydroxylation is 4. The van der Waals surface area contributed by atoms with Gasteiger partial charge >= 0.3 is 0 Å². The van der Waals surface area contributed by atoms with Crippen LogP contribution in [0, 0.1) is 20.8 Å². The molecule has 2 aromatic carbocycles. The smallest absolute Gasteiger partial charge is 0.264 e. The minimum Gasteiger partial charge on any atom is -0.369 e. The maximum absolute atomic E-state index is 13.7. The molecular weight excluding hydrogens is 613 g/mol. The van der Waals surface area contributed by atoms with Crippen LogP contribution in [0.4, 0.5) is 0 Å². The Morgan fingerprint density at radius 3 is 2.30 bits per heavy atom. The molecule has 11 heteroatoms. The Labute approximate surface area is 281 Å². The number of unbranched alkanes of at least 4 members (excludes halogenated alkanes) is 3. The zero-order chi connectivity index (χ0) is 34.0. The molecular formula is C36H54N6O4S. The number of piperidine rings is 1. The molecule has 0 unspecified atom stereocenters. The molecule has 2 fully saturated rings. The number of hydrogen-bond donors (Lipinski definition) is 3. The average Bonchev–Trinajstić information content (AvgIpc) is 3.02. The van der Waals surface area contributed by atoms with Crippen LogP contribution >= 0.6 is 0 Å². The number of hydrogen-bond acceptors (Lipinski definition) is 6. The van der Waals surface area contributed by atoms with E-state index in [0.29, 0.717) is 43.4 Å². The topological polar surface area (TPSA) is 137 Å². The van der Waals surface area contributed by atoms with Gasteiger partial charge in [0.1, 0.15) is 11.6 Å². The number of amides is 2. The van der Waals surface area contributed by atoms with E-state index < -0.39 is 21.6 Å².